The molecule has 1 aliphatic heterocycles. The van der Waals surface area contributed by atoms with E-state index in [2.05, 4.69) is 0 Å². The van der Waals surface area contributed by atoms with Gasteiger partial charge in [-0.15, -0.1) is 0 Å². The van der Waals surface area contributed by atoms with Gasteiger partial charge in [-0.2, -0.15) is 9.40 Å². The molecule has 1 fully saturated rings. The summed E-state index contributed by atoms with van der Waals surface area (Å²) in [6.45, 7) is 4.71. The quantitative estimate of drug-likeness (QED) is 0.126. The van der Waals surface area contributed by atoms with Crippen LogP contribution in [0.5, 0.6) is 5.75 Å². The summed E-state index contributed by atoms with van der Waals surface area (Å²) in [7, 11) is -1.76. The molecule has 1 saturated carbocycles. The van der Waals surface area contributed by atoms with Crippen molar-refractivity contribution in [2.24, 2.45) is 7.05 Å². The van der Waals surface area contributed by atoms with Crippen LogP contribution < -0.4 is 4.74 Å². The number of benzene rings is 3. The van der Waals surface area contributed by atoms with Gasteiger partial charge in [-0.05, 0) is 87.2 Å². The summed E-state index contributed by atoms with van der Waals surface area (Å²) in [6, 6.07) is 13.9. The van der Waals surface area contributed by atoms with Crippen molar-refractivity contribution >= 4 is 49.3 Å². The van der Waals surface area contributed by atoms with Crippen molar-refractivity contribution in [3.8, 4) is 16.9 Å². The summed E-state index contributed by atoms with van der Waals surface area (Å²) < 4.78 is 58.4. The Kier molecular flexibility index (Phi) is 8.72. The number of carbonyl (C=O) groups is 1. The van der Waals surface area contributed by atoms with Gasteiger partial charge in [-0.1, -0.05) is 29.8 Å². The highest BCUT2D eigenvalue weighted by Crippen LogP contribution is 2.44. The van der Waals surface area contributed by atoms with Crippen molar-refractivity contribution < 1.29 is 27.1 Å². The van der Waals surface area contributed by atoms with E-state index >= 15 is 0 Å². The first-order valence-electron chi connectivity index (χ1n) is 16.4. The van der Waals surface area contributed by atoms with Crippen molar-refractivity contribution in [2.45, 2.75) is 65.1 Å². The first kappa shape index (κ1) is 32.6. The smallest absolute Gasteiger partial charge is 0.355 e. The third kappa shape index (κ3) is 5.86. The SMILES string of the molecule is CCOC(=O)c1c(CCCOc2cccc3cc(F)ccc23)c2ccc(Cl)c3c2n1CCCS(=O)(=O)N(C1CC1)Cc1nn(C)c(C)c1-3. The van der Waals surface area contributed by atoms with Gasteiger partial charge in [-0.25, -0.2) is 17.6 Å². The minimum absolute atomic E-state index is 0.0324. The lowest BCUT2D eigenvalue weighted by atomic mass is 9.98. The predicted octanol–water partition coefficient (Wildman–Crippen LogP) is 7.18. The predicted molar refractivity (Wildman–Crippen MR) is 185 cm³/mol. The summed E-state index contributed by atoms with van der Waals surface area (Å²) in [5, 5.41) is 7.73. The maximum absolute atomic E-state index is 13.8. The first-order valence-corrected chi connectivity index (χ1v) is 18.4. The van der Waals surface area contributed by atoms with Crippen LogP contribution in [0.4, 0.5) is 4.39 Å². The Hall–Kier alpha value is -3.93. The zero-order valence-corrected chi connectivity index (χ0v) is 28.8. The second-order valence-corrected chi connectivity index (χ2v) is 15.0. The summed E-state index contributed by atoms with van der Waals surface area (Å²) in [5.74, 6) is -0.173. The molecular weight excluding hydrogens is 655 g/mol. The van der Waals surface area contributed by atoms with Crippen LogP contribution in [0.2, 0.25) is 5.02 Å². The minimum atomic E-state index is -3.60. The molecule has 5 aromatic rings. The third-order valence-corrected chi connectivity index (χ3v) is 11.7. The number of esters is 1. The van der Waals surface area contributed by atoms with Gasteiger partial charge < -0.3 is 14.0 Å². The number of halogens is 2. The third-order valence-electron chi connectivity index (χ3n) is 9.44. The number of hydrogen-bond acceptors (Lipinski definition) is 6. The maximum atomic E-state index is 13.8. The highest BCUT2D eigenvalue weighted by Gasteiger charge is 2.39. The number of ether oxygens (including phenoxy) is 2. The lowest BCUT2D eigenvalue weighted by Gasteiger charge is -2.21. The van der Waals surface area contributed by atoms with E-state index in [1.165, 1.54) is 12.1 Å². The maximum Gasteiger partial charge on any atom is 0.355 e. The zero-order valence-electron chi connectivity index (χ0n) is 27.3. The van der Waals surface area contributed by atoms with Crippen LogP contribution in [-0.2, 0) is 41.3 Å². The monoisotopic (exact) mass is 692 g/mol. The standard InChI is InChI=1S/C36H38ClFN4O5S/c1-4-46-36(43)35-27(9-6-18-47-31-10-5-8-23-20-24(38)11-14-26(23)31)28-15-16-29(37)33-32-22(2)40(3)39-30(32)21-42(25-12-13-25)48(44,45)19-7-17-41(35)34(28)33/h5,8,10-11,14-16,20,25H,4,6-7,9,12-13,17-19,21H2,1-3H3. The average molecular weight is 693 g/mol. The number of sulfonamides is 1. The molecule has 48 heavy (non-hydrogen) atoms. The van der Waals surface area contributed by atoms with Crippen LogP contribution in [0.3, 0.4) is 0 Å². The van der Waals surface area contributed by atoms with Gasteiger partial charge in [0.05, 0.1) is 41.7 Å². The topological polar surface area (TPSA) is 95.7 Å². The molecule has 2 aliphatic rings. The molecule has 0 spiro atoms. The Labute approximate surface area is 284 Å². The molecule has 252 valence electrons. The van der Waals surface area contributed by atoms with Crippen molar-refractivity contribution in [1.82, 2.24) is 18.7 Å². The van der Waals surface area contributed by atoms with Gasteiger partial charge in [0.1, 0.15) is 17.3 Å². The van der Waals surface area contributed by atoms with Crippen molar-refractivity contribution in [3.05, 3.63) is 82.0 Å². The number of rotatable bonds is 8. The van der Waals surface area contributed by atoms with E-state index in [1.54, 1.807) is 22.0 Å². The molecule has 0 unspecified atom stereocenters. The zero-order chi connectivity index (χ0) is 33.7. The Morgan fingerprint density at radius 2 is 1.90 bits per heavy atom. The van der Waals surface area contributed by atoms with Crippen molar-refractivity contribution in [1.29, 1.82) is 0 Å². The Morgan fingerprint density at radius 1 is 1.10 bits per heavy atom. The number of hydrogen-bond donors (Lipinski definition) is 0. The van der Waals surface area contributed by atoms with E-state index in [9.17, 15) is 17.6 Å². The highest BCUT2D eigenvalue weighted by atomic mass is 35.5. The van der Waals surface area contributed by atoms with Crippen LogP contribution >= 0.6 is 11.6 Å². The Morgan fingerprint density at radius 3 is 2.67 bits per heavy atom. The summed E-state index contributed by atoms with van der Waals surface area (Å²) in [5.41, 5.74) is 4.97. The fourth-order valence-corrected chi connectivity index (χ4v) is 8.98. The van der Waals surface area contributed by atoms with E-state index in [0.29, 0.717) is 48.0 Å². The molecule has 0 radical (unpaired) electrons. The van der Waals surface area contributed by atoms with Gasteiger partial charge in [0.15, 0.2) is 0 Å². The van der Waals surface area contributed by atoms with E-state index in [-0.39, 0.29) is 37.3 Å². The largest absolute Gasteiger partial charge is 0.493 e. The molecule has 0 N–H and O–H groups in total. The fourth-order valence-electron chi connectivity index (χ4n) is 7.02. The lowest BCUT2D eigenvalue weighted by molar-refractivity contribution is 0.0512. The number of aryl methyl sites for hydroxylation is 3. The van der Waals surface area contributed by atoms with E-state index in [4.69, 9.17) is 26.2 Å². The van der Waals surface area contributed by atoms with E-state index in [0.717, 1.165) is 56.9 Å². The molecule has 1 aliphatic carbocycles. The summed E-state index contributed by atoms with van der Waals surface area (Å²) in [4.78, 5) is 13.8. The second-order valence-electron chi connectivity index (χ2n) is 12.6. The lowest BCUT2D eigenvalue weighted by Crippen LogP contribution is -2.35. The van der Waals surface area contributed by atoms with E-state index < -0.39 is 16.0 Å². The molecule has 3 heterocycles. The fraction of sp³-hybridized carbons (Fsp3) is 0.389. The molecule has 0 bridgehead atoms. The number of carbonyl (C=O) groups excluding carboxylic acids is 1. The van der Waals surface area contributed by atoms with Crippen LogP contribution in [0.1, 0.15) is 60.0 Å². The molecule has 2 aromatic heterocycles. The highest BCUT2D eigenvalue weighted by molar-refractivity contribution is 7.89. The average Bonchev–Trinajstić information content (AvgIpc) is 3.79. The molecule has 0 amide bonds. The van der Waals surface area contributed by atoms with Crippen LogP contribution in [0.15, 0.2) is 48.5 Å². The second kappa shape index (κ2) is 12.8. The molecule has 7 rings (SSSR count). The molecular formula is C36H38ClFN4O5S. The van der Waals surface area contributed by atoms with Gasteiger partial charge in [0.25, 0.3) is 0 Å². The van der Waals surface area contributed by atoms with Crippen LogP contribution in [0.25, 0.3) is 32.8 Å². The number of aromatic nitrogens is 3. The molecule has 0 saturated heterocycles. The summed E-state index contributed by atoms with van der Waals surface area (Å²) in [6.07, 6.45) is 3.03. The minimum Gasteiger partial charge on any atom is -0.493 e. The van der Waals surface area contributed by atoms with Crippen LogP contribution in [0, 0.1) is 12.7 Å². The summed E-state index contributed by atoms with van der Waals surface area (Å²) >= 11 is 7.06. The van der Waals surface area contributed by atoms with Crippen LogP contribution in [-0.4, -0.2) is 58.0 Å². The van der Waals surface area contributed by atoms with Gasteiger partial charge >= 0.3 is 5.97 Å². The normalized spacial score (nSPS) is 16.5. The molecule has 9 nitrogen and oxygen atoms in total. The molecule has 12 heteroatoms. The van der Waals surface area contributed by atoms with E-state index in [1.807, 2.05) is 48.9 Å². The Balaban J connectivity index is 1.34. The van der Waals surface area contributed by atoms with Crippen molar-refractivity contribution in [2.75, 3.05) is 19.0 Å². The van der Waals surface area contributed by atoms with Gasteiger partial charge in [-0.3, -0.25) is 4.68 Å². The first-order chi connectivity index (χ1) is 23.1. The molecule has 0 atom stereocenters. The Bertz CT molecular complexity index is 2170. The number of nitrogens with zero attached hydrogens (tertiary/aromatic N) is 4. The van der Waals surface area contributed by atoms with Crippen molar-refractivity contribution in [3.63, 3.8) is 0 Å². The molecule has 3 aromatic carbocycles. The van der Waals surface area contributed by atoms with Gasteiger partial charge in [0.2, 0.25) is 10.0 Å². The van der Waals surface area contributed by atoms with Gasteiger partial charge in [0, 0.05) is 47.2 Å². The number of fused-ring (bicyclic) bond motifs is 3.